The Balaban J connectivity index is 1.42. The molecule has 2 N–H and O–H groups in total. The van der Waals surface area contributed by atoms with Gasteiger partial charge in [0.25, 0.3) is 0 Å². The molecule has 3 heterocycles. The van der Waals surface area contributed by atoms with Crippen LogP contribution in [-0.2, 0) is 17.9 Å². The molecule has 7 nitrogen and oxygen atoms in total. The van der Waals surface area contributed by atoms with Crippen LogP contribution in [0.4, 0.5) is 4.39 Å². The van der Waals surface area contributed by atoms with Gasteiger partial charge < -0.3 is 15.2 Å². The lowest BCUT2D eigenvalue weighted by atomic mass is 9.96. The van der Waals surface area contributed by atoms with Crippen LogP contribution >= 0.6 is 0 Å². The molecule has 0 aliphatic carbocycles. The summed E-state index contributed by atoms with van der Waals surface area (Å²) in [6.07, 6.45) is 4.00. The lowest BCUT2D eigenvalue weighted by Gasteiger charge is -2.24. The average molecular weight is 370 g/mol. The molecule has 0 saturated carbocycles. The molecule has 1 atom stereocenters. The van der Waals surface area contributed by atoms with Crippen LogP contribution in [0.25, 0.3) is 11.0 Å². The number of aromatic nitrogens is 4. The van der Waals surface area contributed by atoms with Crippen LogP contribution in [-0.4, -0.2) is 50.7 Å². The smallest absolute Gasteiger partial charge is 0.244 e. The van der Waals surface area contributed by atoms with Gasteiger partial charge in [0.15, 0.2) is 0 Å². The van der Waals surface area contributed by atoms with Crippen molar-refractivity contribution in [2.24, 2.45) is 0 Å². The number of fused-ring (bicyclic) bond motifs is 1. The highest BCUT2D eigenvalue weighted by atomic mass is 19.1. The van der Waals surface area contributed by atoms with Gasteiger partial charge in [-0.2, -0.15) is 5.10 Å². The number of carbonyl (C=O) groups excluding carboxylic acids is 1. The Bertz CT molecular complexity index is 943. The van der Waals surface area contributed by atoms with Crippen LogP contribution in [0.2, 0.25) is 0 Å². The number of imidazole rings is 1. The van der Waals surface area contributed by atoms with E-state index in [-0.39, 0.29) is 18.3 Å². The largest absolute Gasteiger partial charge is 0.340 e. The van der Waals surface area contributed by atoms with Gasteiger partial charge in [-0.25, -0.2) is 9.37 Å². The third-order valence-corrected chi connectivity index (χ3v) is 5.06. The standard InChI is InChI=1S/C19H23FN6O/c1-25(11-18-23-15-5-4-14(20)9-16(15)24-18)19(27)12-26-17(6-8-22-26)13-3-2-7-21-10-13/h4-6,8-9,13,21H,2-3,7,10-12H2,1H3,(H,23,24)/t13-/m0/s1. The van der Waals surface area contributed by atoms with Crippen LogP contribution in [0, 0.1) is 5.82 Å². The summed E-state index contributed by atoms with van der Waals surface area (Å²) in [5.41, 5.74) is 2.42. The molecule has 0 bridgehead atoms. The third-order valence-electron chi connectivity index (χ3n) is 5.06. The van der Waals surface area contributed by atoms with E-state index < -0.39 is 0 Å². The molecule has 8 heteroatoms. The summed E-state index contributed by atoms with van der Waals surface area (Å²) in [4.78, 5) is 21.8. The molecule has 1 aromatic carbocycles. The van der Waals surface area contributed by atoms with E-state index in [1.165, 1.54) is 12.1 Å². The van der Waals surface area contributed by atoms with Gasteiger partial charge >= 0.3 is 0 Å². The van der Waals surface area contributed by atoms with Crippen molar-refractivity contribution < 1.29 is 9.18 Å². The molecule has 1 aliphatic rings. The number of likely N-dealkylation sites (N-methyl/N-ethyl adjacent to an activating group) is 1. The molecule has 1 fully saturated rings. The molecule has 1 amide bonds. The molecule has 1 aliphatic heterocycles. The molecule has 4 rings (SSSR count). The Kier molecular flexibility index (Phi) is 4.89. The summed E-state index contributed by atoms with van der Waals surface area (Å²) >= 11 is 0. The number of halogens is 1. The Labute approximate surface area is 156 Å². The Hall–Kier alpha value is -2.74. The lowest BCUT2D eigenvalue weighted by molar-refractivity contribution is -0.131. The first kappa shape index (κ1) is 17.7. The number of piperidine rings is 1. The van der Waals surface area contributed by atoms with Gasteiger partial charge in [0.1, 0.15) is 18.2 Å². The molecule has 2 aromatic heterocycles. The zero-order valence-corrected chi connectivity index (χ0v) is 15.3. The molecule has 0 spiro atoms. The number of hydrogen-bond donors (Lipinski definition) is 2. The Morgan fingerprint density at radius 1 is 1.41 bits per heavy atom. The molecule has 27 heavy (non-hydrogen) atoms. The maximum atomic E-state index is 13.3. The topological polar surface area (TPSA) is 78.8 Å². The maximum Gasteiger partial charge on any atom is 0.244 e. The highest BCUT2D eigenvalue weighted by molar-refractivity contribution is 5.77. The molecular formula is C19H23FN6O. The number of aromatic amines is 1. The van der Waals surface area contributed by atoms with Gasteiger partial charge in [0, 0.05) is 31.4 Å². The van der Waals surface area contributed by atoms with Crippen molar-refractivity contribution in [1.29, 1.82) is 0 Å². The number of benzene rings is 1. The van der Waals surface area contributed by atoms with E-state index >= 15 is 0 Å². The minimum absolute atomic E-state index is 0.0460. The van der Waals surface area contributed by atoms with Crippen molar-refractivity contribution in [3.8, 4) is 0 Å². The summed E-state index contributed by atoms with van der Waals surface area (Å²) in [5.74, 6) is 0.661. The van der Waals surface area contributed by atoms with Crippen LogP contribution in [0.5, 0.6) is 0 Å². The predicted octanol–water partition coefficient (Wildman–Crippen LogP) is 2.02. The molecule has 142 valence electrons. The maximum absolute atomic E-state index is 13.3. The van der Waals surface area contributed by atoms with Crippen molar-refractivity contribution in [2.75, 3.05) is 20.1 Å². The molecular weight excluding hydrogens is 347 g/mol. The Morgan fingerprint density at radius 3 is 3.11 bits per heavy atom. The minimum Gasteiger partial charge on any atom is -0.340 e. The van der Waals surface area contributed by atoms with E-state index in [4.69, 9.17) is 0 Å². The number of rotatable bonds is 5. The van der Waals surface area contributed by atoms with E-state index in [1.54, 1.807) is 28.9 Å². The van der Waals surface area contributed by atoms with Crippen molar-refractivity contribution in [1.82, 2.24) is 30.0 Å². The number of nitrogens with one attached hydrogen (secondary N) is 2. The van der Waals surface area contributed by atoms with Crippen LogP contribution in [0.15, 0.2) is 30.5 Å². The summed E-state index contributed by atoms with van der Waals surface area (Å²) in [5, 5.41) is 7.74. The van der Waals surface area contributed by atoms with Crippen LogP contribution in [0.3, 0.4) is 0 Å². The fraction of sp³-hybridized carbons (Fsp3) is 0.421. The minimum atomic E-state index is -0.314. The third kappa shape index (κ3) is 3.85. The van der Waals surface area contributed by atoms with E-state index in [1.807, 2.05) is 6.07 Å². The highest BCUT2D eigenvalue weighted by Gasteiger charge is 2.21. The zero-order chi connectivity index (χ0) is 18.8. The Morgan fingerprint density at radius 2 is 2.30 bits per heavy atom. The molecule has 0 radical (unpaired) electrons. The monoisotopic (exact) mass is 370 g/mol. The van der Waals surface area contributed by atoms with Gasteiger partial charge in [-0.15, -0.1) is 0 Å². The van der Waals surface area contributed by atoms with Gasteiger partial charge in [0.05, 0.1) is 17.6 Å². The van der Waals surface area contributed by atoms with Gasteiger partial charge in [-0.3, -0.25) is 9.48 Å². The fourth-order valence-electron chi connectivity index (χ4n) is 3.60. The number of hydrogen-bond acceptors (Lipinski definition) is 4. The first-order valence-electron chi connectivity index (χ1n) is 9.20. The SMILES string of the molecule is CN(Cc1nc2ccc(F)cc2[nH]1)C(=O)Cn1nccc1[C@H]1CCCNC1. The number of carbonyl (C=O) groups is 1. The fourth-order valence-corrected chi connectivity index (χ4v) is 3.60. The van der Waals surface area contributed by atoms with Crippen molar-refractivity contribution in [3.63, 3.8) is 0 Å². The second-order valence-electron chi connectivity index (χ2n) is 7.05. The number of nitrogens with zero attached hydrogens (tertiary/aromatic N) is 4. The zero-order valence-electron chi connectivity index (χ0n) is 15.3. The summed E-state index contributed by atoms with van der Waals surface area (Å²) in [6, 6.07) is 6.41. The van der Waals surface area contributed by atoms with Gasteiger partial charge in [0.2, 0.25) is 5.91 Å². The van der Waals surface area contributed by atoms with E-state index in [0.29, 0.717) is 29.3 Å². The molecule has 3 aromatic rings. The van der Waals surface area contributed by atoms with Crippen LogP contribution in [0.1, 0.15) is 30.3 Å². The van der Waals surface area contributed by atoms with Gasteiger partial charge in [-0.1, -0.05) is 0 Å². The van der Waals surface area contributed by atoms with E-state index in [9.17, 15) is 9.18 Å². The van der Waals surface area contributed by atoms with Crippen molar-refractivity contribution in [3.05, 3.63) is 47.8 Å². The second kappa shape index (κ2) is 7.48. The second-order valence-corrected chi connectivity index (χ2v) is 7.05. The molecule has 1 saturated heterocycles. The quantitative estimate of drug-likeness (QED) is 0.720. The molecule has 0 unspecified atom stereocenters. The first-order chi connectivity index (χ1) is 13.1. The lowest BCUT2D eigenvalue weighted by Crippen LogP contribution is -2.33. The van der Waals surface area contributed by atoms with E-state index in [2.05, 4.69) is 20.4 Å². The summed E-state index contributed by atoms with van der Waals surface area (Å²) in [6.45, 7) is 2.50. The summed E-state index contributed by atoms with van der Waals surface area (Å²) < 4.78 is 15.1. The predicted molar refractivity (Wildman–Crippen MR) is 99.6 cm³/mol. The van der Waals surface area contributed by atoms with E-state index in [0.717, 1.165) is 31.6 Å². The van der Waals surface area contributed by atoms with Crippen molar-refractivity contribution in [2.45, 2.75) is 31.8 Å². The average Bonchev–Trinajstić information content (AvgIpc) is 3.28. The van der Waals surface area contributed by atoms with Gasteiger partial charge in [-0.05, 0) is 43.7 Å². The number of amides is 1. The summed E-state index contributed by atoms with van der Waals surface area (Å²) in [7, 11) is 1.74. The van der Waals surface area contributed by atoms with Crippen LogP contribution < -0.4 is 5.32 Å². The normalized spacial score (nSPS) is 17.3. The van der Waals surface area contributed by atoms with Crippen molar-refractivity contribution >= 4 is 16.9 Å². The first-order valence-corrected chi connectivity index (χ1v) is 9.20. The number of H-pyrrole nitrogens is 1. The highest BCUT2D eigenvalue weighted by Crippen LogP contribution is 2.23.